The first kappa shape index (κ1) is 25.7. The van der Waals surface area contributed by atoms with Crippen molar-refractivity contribution >= 4 is 29.0 Å². The van der Waals surface area contributed by atoms with Crippen molar-refractivity contribution in [2.45, 2.75) is 17.0 Å². The van der Waals surface area contributed by atoms with E-state index in [1.165, 1.54) is 23.1 Å². The number of carbonyl (C=O) groups is 1. The summed E-state index contributed by atoms with van der Waals surface area (Å²) in [5.74, 6) is 1.08. The molecular weight excluding hydrogens is 537 g/mol. The molecule has 0 atom stereocenters. The molecule has 0 saturated heterocycles. The second-order valence-corrected chi connectivity index (χ2v) is 10.7. The number of thioether (sulfide) groups is 1. The van der Waals surface area contributed by atoms with E-state index in [1.807, 2.05) is 113 Å². The summed E-state index contributed by atoms with van der Waals surface area (Å²) in [6.07, 6.45) is 3.49. The van der Waals surface area contributed by atoms with Gasteiger partial charge in [0.15, 0.2) is 11.0 Å². The predicted octanol–water partition coefficient (Wildman–Crippen LogP) is 6.60. The first-order valence-electron chi connectivity index (χ1n) is 12.7. The Bertz CT molecular complexity index is 1650. The lowest BCUT2D eigenvalue weighted by Gasteiger charge is -2.19. The molecule has 0 radical (unpaired) electrons. The molecule has 0 unspecified atom stereocenters. The number of aromatic nitrogens is 5. The molecule has 0 bridgehead atoms. The van der Waals surface area contributed by atoms with Crippen LogP contribution in [-0.4, -0.2) is 30.6 Å². The largest absolute Gasteiger partial charge is 0.340 e. The van der Waals surface area contributed by atoms with Gasteiger partial charge in [-0.05, 0) is 35.4 Å². The van der Waals surface area contributed by atoms with Crippen molar-refractivity contribution in [3.63, 3.8) is 0 Å². The molecule has 3 aromatic carbocycles. The van der Waals surface area contributed by atoms with Crippen LogP contribution in [0.5, 0.6) is 0 Å². The minimum Gasteiger partial charge on any atom is -0.340 e. The van der Waals surface area contributed by atoms with E-state index < -0.39 is 0 Å². The van der Waals surface area contributed by atoms with Gasteiger partial charge in [-0.15, -0.1) is 21.5 Å². The number of nitrogens with one attached hydrogen (secondary N) is 1. The summed E-state index contributed by atoms with van der Waals surface area (Å²) < 4.78 is 2.03. The van der Waals surface area contributed by atoms with Crippen molar-refractivity contribution in [1.29, 1.82) is 0 Å². The van der Waals surface area contributed by atoms with E-state index >= 15 is 0 Å². The lowest BCUT2D eigenvalue weighted by molar-refractivity contribution is 0.0938. The Labute approximate surface area is 240 Å². The first-order valence-corrected chi connectivity index (χ1v) is 14.5. The Kier molecular flexibility index (Phi) is 7.74. The number of hydrogen-bond donors (Lipinski definition) is 1. The van der Waals surface area contributed by atoms with Gasteiger partial charge in [-0.2, -0.15) is 0 Å². The maximum absolute atomic E-state index is 13.3. The summed E-state index contributed by atoms with van der Waals surface area (Å²) >= 11 is 3.00. The van der Waals surface area contributed by atoms with Gasteiger partial charge in [0.05, 0.1) is 11.8 Å². The molecule has 3 heterocycles. The molecule has 1 N–H and O–H groups in total. The molecule has 9 heteroatoms. The quantitative estimate of drug-likeness (QED) is 0.201. The highest BCUT2D eigenvalue weighted by Crippen LogP contribution is 2.30. The van der Waals surface area contributed by atoms with E-state index in [9.17, 15) is 4.79 Å². The maximum atomic E-state index is 13.3. The van der Waals surface area contributed by atoms with Crippen LogP contribution in [0.1, 0.15) is 32.7 Å². The number of pyridine rings is 1. The highest BCUT2D eigenvalue weighted by atomic mass is 32.2. The third kappa shape index (κ3) is 5.70. The average Bonchev–Trinajstić information content (AvgIpc) is 3.68. The molecule has 0 fully saturated rings. The smallest absolute Gasteiger partial charge is 0.271 e. The molecule has 40 heavy (non-hydrogen) atoms. The second-order valence-electron chi connectivity index (χ2n) is 8.86. The fourth-order valence-electron chi connectivity index (χ4n) is 4.32. The van der Waals surface area contributed by atoms with Crippen LogP contribution < -0.4 is 5.32 Å². The van der Waals surface area contributed by atoms with E-state index in [1.54, 1.807) is 12.4 Å². The zero-order valence-corrected chi connectivity index (χ0v) is 22.9. The molecule has 1 amide bonds. The van der Waals surface area contributed by atoms with Crippen LogP contribution in [-0.2, 0) is 5.75 Å². The number of thiazole rings is 1. The molecule has 0 spiro atoms. The van der Waals surface area contributed by atoms with Crippen LogP contribution in [0.2, 0.25) is 0 Å². The summed E-state index contributed by atoms with van der Waals surface area (Å²) in [6, 6.07) is 33.5. The molecule has 3 aromatic heterocycles. The summed E-state index contributed by atoms with van der Waals surface area (Å²) in [5, 5.41) is 15.5. The average molecular weight is 561 g/mol. The summed E-state index contributed by atoms with van der Waals surface area (Å²) in [6.45, 7) is 0. The molecule has 0 saturated carbocycles. The third-order valence-electron chi connectivity index (χ3n) is 6.24. The van der Waals surface area contributed by atoms with Crippen molar-refractivity contribution < 1.29 is 4.79 Å². The van der Waals surface area contributed by atoms with Crippen LogP contribution in [0, 0.1) is 0 Å². The van der Waals surface area contributed by atoms with Crippen LogP contribution >= 0.6 is 23.1 Å². The van der Waals surface area contributed by atoms with Gasteiger partial charge in [0, 0.05) is 29.0 Å². The van der Waals surface area contributed by atoms with Crippen LogP contribution in [0.15, 0.2) is 126 Å². The lowest BCUT2D eigenvalue weighted by atomic mass is 9.98. The Balaban J connectivity index is 1.20. The summed E-state index contributed by atoms with van der Waals surface area (Å²) in [4.78, 5) is 22.1. The second kappa shape index (κ2) is 12.1. The fourth-order valence-corrected chi connectivity index (χ4v) is 6.07. The topological polar surface area (TPSA) is 85.6 Å². The van der Waals surface area contributed by atoms with Crippen molar-refractivity contribution in [1.82, 2.24) is 30.0 Å². The number of nitrogens with zero attached hydrogens (tertiary/aromatic N) is 5. The number of hydrogen-bond acceptors (Lipinski definition) is 7. The number of rotatable bonds is 9. The molecule has 0 aliphatic heterocycles. The first-order chi connectivity index (χ1) is 19.8. The van der Waals surface area contributed by atoms with Gasteiger partial charge in [0.25, 0.3) is 5.91 Å². The maximum Gasteiger partial charge on any atom is 0.271 e. The van der Waals surface area contributed by atoms with Crippen molar-refractivity contribution in [2.24, 2.45) is 0 Å². The minimum absolute atomic E-state index is 0.211. The van der Waals surface area contributed by atoms with Gasteiger partial charge in [-0.3, -0.25) is 14.3 Å². The van der Waals surface area contributed by atoms with Crippen molar-refractivity contribution in [3.05, 3.63) is 143 Å². The fraction of sp³-hybridized carbons (Fsp3) is 0.0645. The van der Waals surface area contributed by atoms with Gasteiger partial charge in [0.1, 0.15) is 10.7 Å². The van der Waals surface area contributed by atoms with Crippen LogP contribution in [0.3, 0.4) is 0 Å². The van der Waals surface area contributed by atoms with Crippen molar-refractivity contribution in [2.75, 3.05) is 0 Å². The standard InChI is InChI=1S/C31H24N6OS2/c38-30(34-28(22-10-4-1-5-11-22)23-12-6-2-7-13-23)26-20-39-27(33-26)21-40-31-36-35-29(24-16-18-32-19-17-24)37(31)25-14-8-3-9-15-25/h1-20,28H,21H2,(H,34,38). The molecule has 196 valence electrons. The highest BCUT2D eigenvalue weighted by molar-refractivity contribution is 7.98. The number of para-hydroxylation sites is 1. The number of carbonyl (C=O) groups excluding carboxylic acids is 1. The third-order valence-corrected chi connectivity index (χ3v) is 8.21. The minimum atomic E-state index is -0.273. The summed E-state index contributed by atoms with van der Waals surface area (Å²) in [5.41, 5.74) is 4.32. The van der Waals surface area contributed by atoms with Crippen LogP contribution in [0.4, 0.5) is 0 Å². The Morgan fingerprint density at radius 1 is 0.825 bits per heavy atom. The molecule has 0 aliphatic carbocycles. The van der Waals surface area contributed by atoms with E-state index in [0.29, 0.717) is 11.4 Å². The van der Waals surface area contributed by atoms with Gasteiger partial charge in [0.2, 0.25) is 0 Å². The molecular formula is C31H24N6OS2. The molecule has 0 aliphatic rings. The Morgan fingerprint density at radius 3 is 2.10 bits per heavy atom. The van der Waals surface area contributed by atoms with Crippen molar-refractivity contribution in [3.8, 4) is 17.1 Å². The number of benzene rings is 3. The van der Waals surface area contributed by atoms with E-state index in [4.69, 9.17) is 0 Å². The Hall–Kier alpha value is -4.60. The summed E-state index contributed by atoms with van der Waals surface area (Å²) in [7, 11) is 0. The molecule has 6 aromatic rings. The SMILES string of the molecule is O=C(NC(c1ccccc1)c1ccccc1)c1csc(CSc2nnc(-c3ccncc3)n2-c2ccccc2)n1. The lowest BCUT2D eigenvalue weighted by Crippen LogP contribution is -2.29. The normalized spacial score (nSPS) is 11.0. The molecule has 6 rings (SSSR count). The van der Waals surface area contributed by atoms with Gasteiger partial charge in [-0.25, -0.2) is 4.98 Å². The van der Waals surface area contributed by atoms with E-state index in [0.717, 1.165) is 38.4 Å². The molecule has 7 nitrogen and oxygen atoms in total. The monoisotopic (exact) mass is 560 g/mol. The number of amides is 1. The Morgan fingerprint density at radius 2 is 1.45 bits per heavy atom. The van der Waals surface area contributed by atoms with Crippen LogP contribution in [0.25, 0.3) is 17.1 Å². The predicted molar refractivity (Wildman–Crippen MR) is 158 cm³/mol. The zero-order valence-electron chi connectivity index (χ0n) is 21.3. The zero-order chi connectivity index (χ0) is 27.1. The van der Waals surface area contributed by atoms with Gasteiger partial charge >= 0.3 is 0 Å². The van der Waals surface area contributed by atoms with E-state index in [-0.39, 0.29) is 11.9 Å². The highest BCUT2D eigenvalue weighted by Gasteiger charge is 2.21. The van der Waals surface area contributed by atoms with Gasteiger partial charge in [-0.1, -0.05) is 90.6 Å². The van der Waals surface area contributed by atoms with Gasteiger partial charge < -0.3 is 5.32 Å². The van der Waals surface area contributed by atoms with E-state index in [2.05, 4.69) is 25.5 Å².